The number of aliphatic carboxylic acids is 1. The molecule has 0 saturated carbocycles. The lowest BCUT2D eigenvalue weighted by atomic mass is 10.1. The van der Waals surface area contributed by atoms with Crippen LogP contribution in [0, 0.1) is 0 Å². The normalized spacial score (nSPS) is 12.1. The summed E-state index contributed by atoms with van der Waals surface area (Å²) in [5.41, 5.74) is 0. The van der Waals surface area contributed by atoms with Crippen LogP contribution in [0.5, 0.6) is 0 Å². The first-order valence-corrected chi connectivity index (χ1v) is 7.50. The Balaban J connectivity index is 3.27. The lowest BCUT2D eigenvalue weighted by Gasteiger charge is -1.99. The molecule has 19 heavy (non-hydrogen) atoms. The molecule has 0 saturated heterocycles. The van der Waals surface area contributed by atoms with E-state index in [1.807, 2.05) is 12.2 Å². The molecule has 0 aliphatic rings. The van der Waals surface area contributed by atoms with E-state index in [4.69, 9.17) is 5.11 Å². The Labute approximate surface area is 117 Å². The van der Waals surface area contributed by atoms with Gasteiger partial charge in [0.2, 0.25) is 0 Å². The lowest BCUT2D eigenvalue weighted by Crippen LogP contribution is -1.84. The van der Waals surface area contributed by atoms with Crippen LogP contribution in [-0.4, -0.2) is 11.1 Å². The van der Waals surface area contributed by atoms with Gasteiger partial charge < -0.3 is 5.11 Å². The van der Waals surface area contributed by atoms with Crippen molar-refractivity contribution < 1.29 is 9.90 Å². The zero-order chi connectivity index (χ0) is 14.2. The summed E-state index contributed by atoms with van der Waals surface area (Å²) in [6.45, 7) is 2.25. The molecule has 0 amide bonds. The molecule has 0 fully saturated rings. The molecule has 0 aromatic carbocycles. The molecule has 0 unspecified atom stereocenters. The first-order valence-electron chi connectivity index (χ1n) is 7.50. The van der Waals surface area contributed by atoms with E-state index in [2.05, 4.69) is 13.0 Å². The Morgan fingerprint density at radius 2 is 1.42 bits per heavy atom. The molecule has 2 heteroatoms. The van der Waals surface area contributed by atoms with Crippen molar-refractivity contribution in [3.8, 4) is 0 Å². The largest absolute Gasteiger partial charge is 0.478 e. The maximum absolute atomic E-state index is 10.2. The van der Waals surface area contributed by atoms with Crippen molar-refractivity contribution in [2.45, 2.75) is 64.7 Å². The van der Waals surface area contributed by atoms with Crippen molar-refractivity contribution in [3.05, 3.63) is 36.5 Å². The van der Waals surface area contributed by atoms with Crippen LogP contribution in [0.4, 0.5) is 0 Å². The highest BCUT2D eigenvalue weighted by Gasteiger charge is 1.89. The summed E-state index contributed by atoms with van der Waals surface area (Å²) in [5, 5.41) is 8.37. The summed E-state index contributed by atoms with van der Waals surface area (Å²) < 4.78 is 0. The second kappa shape index (κ2) is 14.7. The zero-order valence-electron chi connectivity index (χ0n) is 12.2. The van der Waals surface area contributed by atoms with Gasteiger partial charge in [0.25, 0.3) is 0 Å². The number of carboxylic acid groups (broad SMARTS) is 1. The average Bonchev–Trinajstić information content (AvgIpc) is 2.39. The minimum Gasteiger partial charge on any atom is -0.478 e. The predicted octanol–water partition coefficient (Wildman–Crippen LogP) is 5.27. The summed E-state index contributed by atoms with van der Waals surface area (Å²) in [6.07, 6.45) is 22.3. The second-order valence-corrected chi connectivity index (χ2v) is 4.77. The Morgan fingerprint density at radius 1 is 0.842 bits per heavy atom. The first kappa shape index (κ1) is 17.7. The molecular weight excluding hydrogens is 236 g/mol. The Kier molecular flexibility index (Phi) is 13.7. The summed E-state index contributed by atoms with van der Waals surface area (Å²) in [7, 11) is 0. The molecule has 0 radical (unpaired) electrons. The van der Waals surface area contributed by atoms with Gasteiger partial charge in [0.15, 0.2) is 0 Å². The molecule has 0 atom stereocenters. The van der Waals surface area contributed by atoms with Crippen molar-refractivity contribution in [1.29, 1.82) is 0 Å². The number of hydrogen-bond donors (Lipinski definition) is 1. The van der Waals surface area contributed by atoms with Crippen LogP contribution < -0.4 is 0 Å². The average molecular weight is 264 g/mol. The first-order chi connectivity index (χ1) is 9.27. The van der Waals surface area contributed by atoms with Crippen LogP contribution in [0.2, 0.25) is 0 Å². The third kappa shape index (κ3) is 16.7. The number of carbonyl (C=O) groups is 1. The number of hydrogen-bond acceptors (Lipinski definition) is 1. The van der Waals surface area contributed by atoms with E-state index < -0.39 is 5.97 Å². The molecule has 0 aromatic rings. The molecule has 108 valence electrons. The molecule has 0 aliphatic heterocycles. The van der Waals surface area contributed by atoms with Crippen LogP contribution >= 0.6 is 0 Å². The zero-order valence-corrected chi connectivity index (χ0v) is 12.2. The SMILES string of the molecule is CCCCCCCCCC/C=C/C=C/C=C\C(=O)O. The van der Waals surface area contributed by atoms with E-state index in [9.17, 15) is 4.79 Å². The Bertz CT molecular complexity index is 288. The quantitative estimate of drug-likeness (QED) is 0.296. The fourth-order valence-corrected chi connectivity index (χ4v) is 1.84. The van der Waals surface area contributed by atoms with Gasteiger partial charge in [-0.3, -0.25) is 0 Å². The van der Waals surface area contributed by atoms with Gasteiger partial charge in [-0.25, -0.2) is 4.79 Å². The minimum atomic E-state index is -0.910. The van der Waals surface area contributed by atoms with E-state index in [1.54, 1.807) is 6.08 Å². The molecule has 0 heterocycles. The van der Waals surface area contributed by atoms with E-state index in [-0.39, 0.29) is 0 Å². The smallest absolute Gasteiger partial charge is 0.328 e. The summed E-state index contributed by atoms with van der Waals surface area (Å²) >= 11 is 0. The fourth-order valence-electron chi connectivity index (χ4n) is 1.84. The lowest BCUT2D eigenvalue weighted by molar-refractivity contribution is -0.131. The van der Waals surface area contributed by atoms with E-state index >= 15 is 0 Å². The topological polar surface area (TPSA) is 37.3 Å². The minimum absolute atomic E-state index is 0.910. The maximum Gasteiger partial charge on any atom is 0.328 e. The van der Waals surface area contributed by atoms with Crippen molar-refractivity contribution in [2.75, 3.05) is 0 Å². The number of carboxylic acids is 1. The van der Waals surface area contributed by atoms with Crippen LogP contribution in [0.15, 0.2) is 36.5 Å². The highest BCUT2D eigenvalue weighted by Crippen LogP contribution is 2.09. The van der Waals surface area contributed by atoms with Crippen molar-refractivity contribution >= 4 is 5.97 Å². The van der Waals surface area contributed by atoms with E-state index in [1.165, 1.54) is 57.4 Å². The highest BCUT2D eigenvalue weighted by molar-refractivity contribution is 5.80. The Morgan fingerprint density at radius 3 is 2.05 bits per heavy atom. The van der Waals surface area contributed by atoms with Gasteiger partial charge in [-0.15, -0.1) is 0 Å². The molecule has 0 rings (SSSR count). The van der Waals surface area contributed by atoms with Gasteiger partial charge in [0.1, 0.15) is 0 Å². The molecule has 0 aromatic heterocycles. The number of rotatable bonds is 12. The fraction of sp³-hybridized carbons (Fsp3) is 0.588. The van der Waals surface area contributed by atoms with E-state index in [0.717, 1.165) is 12.5 Å². The van der Waals surface area contributed by atoms with Gasteiger partial charge in [0.05, 0.1) is 0 Å². The van der Waals surface area contributed by atoms with Crippen LogP contribution in [-0.2, 0) is 4.79 Å². The second-order valence-electron chi connectivity index (χ2n) is 4.77. The van der Waals surface area contributed by atoms with Crippen LogP contribution in [0.1, 0.15) is 64.7 Å². The van der Waals surface area contributed by atoms with Gasteiger partial charge in [0, 0.05) is 6.08 Å². The molecule has 0 aliphatic carbocycles. The molecule has 1 N–H and O–H groups in total. The molecule has 2 nitrogen and oxygen atoms in total. The molecule has 0 spiro atoms. The van der Waals surface area contributed by atoms with Gasteiger partial charge >= 0.3 is 5.97 Å². The Hall–Kier alpha value is -1.31. The highest BCUT2D eigenvalue weighted by atomic mass is 16.4. The maximum atomic E-state index is 10.2. The van der Waals surface area contributed by atoms with Crippen LogP contribution in [0.25, 0.3) is 0 Å². The third-order valence-corrected chi connectivity index (χ3v) is 2.93. The summed E-state index contributed by atoms with van der Waals surface area (Å²) in [4.78, 5) is 10.2. The molecular formula is C17H28O2. The number of unbranched alkanes of at least 4 members (excludes halogenated alkanes) is 8. The van der Waals surface area contributed by atoms with Crippen molar-refractivity contribution in [2.24, 2.45) is 0 Å². The summed E-state index contributed by atoms with van der Waals surface area (Å²) in [6, 6.07) is 0. The summed E-state index contributed by atoms with van der Waals surface area (Å²) in [5.74, 6) is -0.910. The molecule has 0 bridgehead atoms. The number of allylic oxidation sites excluding steroid dienone is 5. The van der Waals surface area contributed by atoms with Crippen LogP contribution in [0.3, 0.4) is 0 Å². The monoisotopic (exact) mass is 264 g/mol. The van der Waals surface area contributed by atoms with E-state index in [0.29, 0.717) is 0 Å². The van der Waals surface area contributed by atoms with Gasteiger partial charge in [-0.05, 0) is 12.8 Å². The van der Waals surface area contributed by atoms with Crippen molar-refractivity contribution in [1.82, 2.24) is 0 Å². The predicted molar refractivity (Wildman–Crippen MR) is 82.3 cm³/mol. The van der Waals surface area contributed by atoms with Gasteiger partial charge in [-0.2, -0.15) is 0 Å². The standard InChI is InChI=1S/C17H28O2/c1-2-3-4-5-6-7-8-9-10-11-12-13-14-15-16-17(18)19/h11-16H,2-10H2,1H3,(H,18,19)/b12-11+,14-13+,16-15-. The van der Waals surface area contributed by atoms with Crippen molar-refractivity contribution in [3.63, 3.8) is 0 Å². The van der Waals surface area contributed by atoms with Gasteiger partial charge in [-0.1, -0.05) is 82.2 Å². The third-order valence-electron chi connectivity index (χ3n) is 2.93.